The van der Waals surface area contributed by atoms with Gasteiger partial charge in [-0.15, -0.1) is 0 Å². The zero-order valence-corrected chi connectivity index (χ0v) is 64.8. The Bertz CT molecular complexity index is 5620. The first-order valence-corrected chi connectivity index (χ1v) is 39.1. The summed E-state index contributed by atoms with van der Waals surface area (Å²) in [6.07, 6.45) is 14.4. The molecule has 0 radical (unpaired) electrons. The Morgan fingerprint density at radius 2 is 0.844 bits per heavy atom. The number of aromatic amines is 1. The van der Waals surface area contributed by atoms with E-state index in [2.05, 4.69) is 140 Å². The molecule has 15 aromatic rings. The Hall–Kier alpha value is -10.7. The van der Waals surface area contributed by atoms with Crippen LogP contribution in [-0.4, -0.2) is 130 Å². The van der Waals surface area contributed by atoms with Crippen LogP contribution in [0.2, 0.25) is 0 Å². The zero-order valence-electron chi connectivity index (χ0n) is 64.8. The lowest BCUT2D eigenvalue weighted by Crippen LogP contribution is -2.43. The van der Waals surface area contributed by atoms with Crippen molar-refractivity contribution < 1.29 is 5.11 Å². The van der Waals surface area contributed by atoms with Gasteiger partial charge >= 0.3 is 0 Å². The van der Waals surface area contributed by atoms with Crippen LogP contribution in [0.25, 0.3) is 110 Å². The summed E-state index contributed by atoms with van der Waals surface area (Å²) >= 11 is 0. The SMILES string of the molecule is CCCCc1nc2c(N)nc3ccccc3c2n1CCCCN.CCCCc1nc2c([nH]1)c(N)nc1ccc(N3CCNCC3)cc12.CCc1nc2c(N)nc3ccccc3c2n1CC(C)(C)O.CCc1nc2c(N)nc3ccccc3c2n1CCCCN.Cc1nc2ccccc2c2c1nc(C)n2CCCCN. The number of benzene rings is 5. The molecule has 0 saturated carbocycles. The quantitative estimate of drug-likeness (QED) is 0.0266. The van der Waals surface area contributed by atoms with E-state index in [9.17, 15) is 5.11 Å². The number of imidazole rings is 5. The number of H-pyrrole nitrogens is 1. The van der Waals surface area contributed by atoms with Gasteiger partial charge in [-0.05, 0) is 141 Å². The predicted molar refractivity (Wildman–Crippen MR) is 451 cm³/mol. The number of aromatic nitrogens is 15. The van der Waals surface area contributed by atoms with Crippen molar-refractivity contribution in [3.63, 3.8) is 0 Å². The molecule has 17 N–H and O–H groups in total. The molecule has 0 atom stereocenters. The molecular formula is C84H110N24O. The molecular weight excluding hydrogens is 1360 g/mol. The Balaban J connectivity index is 0.000000127. The third-order valence-corrected chi connectivity index (χ3v) is 20.2. The number of nitrogens with one attached hydrogen (secondary N) is 2. The fraction of sp³-hybridized carbons (Fsp3) is 0.405. The number of hydrogen-bond acceptors (Lipinski definition) is 20. The first-order chi connectivity index (χ1) is 52.9. The van der Waals surface area contributed by atoms with Gasteiger partial charge in [0.25, 0.3) is 0 Å². The van der Waals surface area contributed by atoms with Crippen LogP contribution in [0, 0.1) is 13.8 Å². The minimum Gasteiger partial charge on any atom is -0.389 e. The molecule has 0 amide bonds. The summed E-state index contributed by atoms with van der Waals surface area (Å²) < 4.78 is 8.99. The third kappa shape index (κ3) is 17.3. The summed E-state index contributed by atoms with van der Waals surface area (Å²) in [7, 11) is 0. The Morgan fingerprint density at radius 1 is 0.422 bits per heavy atom. The van der Waals surface area contributed by atoms with Crippen LogP contribution < -0.4 is 50.4 Å². The first-order valence-electron chi connectivity index (χ1n) is 39.1. The molecule has 0 aliphatic carbocycles. The number of aliphatic hydroxyl groups is 1. The average Bonchev–Trinajstić information content (AvgIpc) is 1.66. The maximum absolute atomic E-state index is 10.2. The number of unbranched alkanes of at least 4 members (excludes halogenated alkanes) is 5. The van der Waals surface area contributed by atoms with Gasteiger partial charge in [0.05, 0.1) is 67.5 Å². The number of anilines is 5. The first kappa shape index (κ1) is 77.9. The lowest BCUT2D eigenvalue weighted by molar-refractivity contribution is 0.0619. The van der Waals surface area contributed by atoms with Gasteiger partial charge in [-0.3, -0.25) is 4.98 Å². The van der Waals surface area contributed by atoms with Crippen molar-refractivity contribution in [2.24, 2.45) is 17.2 Å². The summed E-state index contributed by atoms with van der Waals surface area (Å²) in [5.74, 6) is 7.15. The number of nitrogens with zero attached hydrogens (tertiary/aromatic N) is 15. The van der Waals surface area contributed by atoms with E-state index in [1.165, 1.54) is 16.6 Å². The largest absolute Gasteiger partial charge is 0.389 e. The number of fused-ring (bicyclic) bond motifs is 15. The second-order valence-corrected chi connectivity index (χ2v) is 28.9. The Morgan fingerprint density at radius 3 is 1.33 bits per heavy atom. The van der Waals surface area contributed by atoms with Crippen LogP contribution in [-0.2, 0) is 51.9 Å². The molecule has 1 aliphatic heterocycles. The molecule has 0 bridgehead atoms. The lowest BCUT2D eigenvalue weighted by Gasteiger charge is -2.29. The van der Waals surface area contributed by atoms with Crippen molar-refractivity contribution in [3.05, 3.63) is 150 Å². The number of nitrogens with two attached hydrogens (primary N) is 7. The van der Waals surface area contributed by atoms with E-state index >= 15 is 0 Å². The van der Waals surface area contributed by atoms with E-state index in [4.69, 9.17) is 60.1 Å². The fourth-order valence-corrected chi connectivity index (χ4v) is 14.8. The topological polar surface area (TPSA) is 382 Å². The van der Waals surface area contributed by atoms with E-state index in [1.54, 1.807) is 13.8 Å². The van der Waals surface area contributed by atoms with E-state index in [0.717, 1.165) is 289 Å². The van der Waals surface area contributed by atoms with Crippen LogP contribution in [0.5, 0.6) is 0 Å². The van der Waals surface area contributed by atoms with Crippen molar-refractivity contribution in [1.29, 1.82) is 0 Å². The predicted octanol–water partition coefficient (Wildman–Crippen LogP) is 13.6. The van der Waals surface area contributed by atoms with E-state index in [0.29, 0.717) is 29.8 Å². The monoisotopic (exact) mass is 1470 g/mol. The molecule has 16 rings (SSSR count). The van der Waals surface area contributed by atoms with Crippen molar-refractivity contribution in [2.75, 3.05) is 73.6 Å². The molecule has 1 saturated heterocycles. The van der Waals surface area contributed by atoms with Crippen LogP contribution in [0.3, 0.4) is 0 Å². The molecule has 25 heteroatoms. The third-order valence-electron chi connectivity index (χ3n) is 20.2. The van der Waals surface area contributed by atoms with Crippen LogP contribution >= 0.6 is 0 Å². The molecule has 0 spiro atoms. The highest BCUT2D eigenvalue weighted by Crippen LogP contribution is 2.35. The summed E-state index contributed by atoms with van der Waals surface area (Å²) in [5.41, 5.74) is 57.0. The Labute approximate surface area is 636 Å². The number of pyridine rings is 5. The van der Waals surface area contributed by atoms with Crippen molar-refractivity contribution in [3.8, 4) is 0 Å². The molecule has 1 aliphatic rings. The van der Waals surface area contributed by atoms with E-state index in [1.807, 2.05) is 80.6 Å². The van der Waals surface area contributed by atoms with Crippen LogP contribution in [0.1, 0.15) is 141 Å². The van der Waals surface area contributed by atoms with Gasteiger partial charge in [0, 0.05) is 104 Å². The fourth-order valence-electron chi connectivity index (χ4n) is 14.8. The standard InChI is InChI=1S/C18H24N6.C18H25N5.C16H21N5.C16H20N4O.C16H20N4/c1-2-3-4-15-22-16-13-11-12(24-9-7-20-8-10-24)5-6-14(13)21-18(19)17(16)23-15;1-2-3-10-15-22-16-17(23(15)12-7-6-11-19)13-8-4-5-9-14(13)21-18(16)20;1-2-13-20-14-15(21(13)10-6-5-9-17)11-7-3-4-8-12(11)19-16(14)18;1-4-12-19-13-14(20(12)9-16(2,3)21)10-7-5-6-8-11(10)18-15(13)17;1-11-15-16(13-7-3-4-8-14(13)18-11)20(12(2)19-15)10-6-5-9-17/h5-6,11,20H,2-4,7-10H2,1H3,(H2,19,21)(H,22,23);4-5,8-9H,2-3,6-7,10-12,19H2,1H3,(H2,20,21);3-4,7-8H,2,5-6,9-10,17H2,1H3,(H2,18,19);5-8,21H,4,9H2,1-3H3,(H2,17,18);3-4,7-8H,5-6,9-10,17H2,1-2H3. The number of para-hydroxylation sites is 4. The van der Waals surface area contributed by atoms with Crippen LogP contribution in [0.15, 0.2) is 115 Å². The number of nitrogen functional groups attached to an aromatic ring is 4. The lowest BCUT2D eigenvalue weighted by atomic mass is 10.1. The maximum Gasteiger partial charge on any atom is 0.152 e. The van der Waals surface area contributed by atoms with Crippen molar-refractivity contribution >= 4 is 139 Å². The van der Waals surface area contributed by atoms with Gasteiger partial charge < -0.3 is 78.7 Å². The van der Waals surface area contributed by atoms with Crippen molar-refractivity contribution in [2.45, 2.75) is 177 Å². The molecule has 11 heterocycles. The van der Waals surface area contributed by atoms with Gasteiger partial charge in [0.2, 0.25) is 0 Å². The molecule has 10 aromatic heterocycles. The summed E-state index contributed by atoms with van der Waals surface area (Å²) in [6, 6.07) is 38.8. The normalized spacial score (nSPS) is 12.6. The van der Waals surface area contributed by atoms with Gasteiger partial charge in [-0.25, -0.2) is 44.9 Å². The van der Waals surface area contributed by atoms with Crippen molar-refractivity contribution in [1.82, 2.24) is 78.4 Å². The Kier molecular flexibility index (Phi) is 25.4. The minimum absolute atomic E-state index is 0.438. The minimum atomic E-state index is -0.823. The highest BCUT2D eigenvalue weighted by Gasteiger charge is 2.24. The molecule has 5 aromatic carbocycles. The summed E-state index contributed by atoms with van der Waals surface area (Å²) in [6.45, 7) is 25.8. The summed E-state index contributed by atoms with van der Waals surface area (Å²) in [5, 5.41) is 19.1. The smallest absolute Gasteiger partial charge is 0.152 e. The molecule has 572 valence electrons. The molecule has 109 heavy (non-hydrogen) atoms. The number of piperazine rings is 1. The number of hydrogen-bond donors (Lipinski definition) is 10. The average molecular weight is 1470 g/mol. The molecule has 1 fully saturated rings. The highest BCUT2D eigenvalue weighted by atomic mass is 16.3. The van der Waals surface area contributed by atoms with Crippen LogP contribution in [0.4, 0.5) is 29.0 Å². The molecule has 25 nitrogen and oxygen atoms in total. The van der Waals surface area contributed by atoms with Gasteiger partial charge in [0.15, 0.2) is 17.5 Å². The summed E-state index contributed by atoms with van der Waals surface area (Å²) in [4.78, 5) is 52.1. The maximum atomic E-state index is 10.2. The second kappa shape index (κ2) is 35.6. The number of rotatable bonds is 23. The second-order valence-electron chi connectivity index (χ2n) is 28.9. The van der Waals surface area contributed by atoms with Gasteiger partial charge in [-0.2, -0.15) is 0 Å². The number of aryl methyl sites for hydroxylation is 9. The van der Waals surface area contributed by atoms with E-state index in [-0.39, 0.29) is 0 Å². The van der Waals surface area contributed by atoms with Gasteiger partial charge in [0.1, 0.15) is 68.0 Å². The van der Waals surface area contributed by atoms with E-state index < -0.39 is 5.60 Å². The highest BCUT2D eigenvalue weighted by molar-refractivity contribution is 6.10. The zero-order chi connectivity index (χ0) is 76.9. The molecule has 0 unspecified atom stereocenters. The van der Waals surface area contributed by atoms with Gasteiger partial charge in [-0.1, -0.05) is 113 Å².